The maximum atomic E-state index is 12.1. The van der Waals surface area contributed by atoms with Gasteiger partial charge in [-0.2, -0.15) is 10.1 Å². The molecule has 0 aliphatic heterocycles. The Morgan fingerprint density at radius 3 is 2.80 bits per heavy atom. The summed E-state index contributed by atoms with van der Waals surface area (Å²) < 4.78 is 1.47. The highest BCUT2D eigenvalue weighted by atomic mass is 35.5. The van der Waals surface area contributed by atoms with Gasteiger partial charge in [0.1, 0.15) is 5.75 Å². The number of benzene rings is 1. The van der Waals surface area contributed by atoms with Crippen molar-refractivity contribution < 1.29 is 9.90 Å². The summed E-state index contributed by atoms with van der Waals surface area (Å²) in [5.41, 5.74) is 4.11. The van der Waals surface area contributed by atoms with Gasteiger partial charge in [-0.1, -0.05) is 23.2 Å². The topological polar surface area (TPSA) is 105 Å². The van der Waals surface area contributed by atoms with Crippen LogP contribution in [0.4, 0.5) is 0 Å². The molecule has 2 aromatic heterocycles. The number of phenolic OH excluding ortho intramolecular Hbond substituents is 1. The molecule has 10 heteroatoms. The van der Waals surface area contributed by atoms with Gasteiger partial charge in [-0.05, 0) is 32.0 Å². The lowest BCUT2D eigenvalue weighted by atomic mass is 10.2. The minimum atomic E-state index is -0.619. The number of nitrogens with zero attached hydrogens (tertiary/aromatic N) is 5. The predicted octanol–water partition coefficient (Wildman–Crippen LogP) is 2.52. The molecule has 1 amide bonds. The zero-order valence-electron chi connectivity index (χ0n) is 13.2. The number of halogens is 2. The number of rotatable bonds is 3. The number of aryl methyl sites for hydroxylation is 2. The van der Waals surface area contributed by atoms with Crippen LogP contribution in [0, 0.1) is 13.8 Å². The minimum absolute atomic E-state index is 0.0771. The van der Waals surface area contributed by atoms with E-state index in [0.717, 1.165) is 11.4 Å². The van der Waals surface area contributed by atoms with Crippen molar-refractivity contribution in [3.8, 4) is 5.75 Å². The van der Waals surface area contributed by atoms with Crippen LogP contribution in [0.3, 0.4) is 0 Å². The molecular weight excluding hydrogens is 367 g/mol. The van der Waals surface area contributed by atoms with E-state index in [2.05, 4.69) is 25.6 Å². The Balaban J connectivity index is 1.80. The molecule has 0 saturated carbocycles. The Hall–Kier alpha value is -2.71. The highest BCUT2D eigenvalue weighted by molar-refractivity contribution is 6.36. The fourth-order valence-corrected chi connectivity index (χ4v) is 2.67. The molecule has 3 aromatic rings. The molecule has 8 nitrogen and oxygen atoms in total. The molecular formula is C15H12Cl2N6O2. The van der Waals surface area contributed by atoms with Crippen molar-refractivity contribution in [1.82, 2.24) is 25.0 Å². The first kappa shape index (κ1) is 17.1. The monoisotopic (exact) mass is 378 g/mol. The van der Waals surface area contributed by atoms with Crippen LogP contribution < -0.4 is 5.43 Å². The molecule has 0 atom stereocenters. The molecule has 3 rings (SSSR count). The Labute approximate surface area is 152 Å². The fraction of sp³-hybridized carbons (Fsp3) is 0.133. The number of aromatic hydroxyl groups is 1. The van der Waals surface area contributed by atoms with Gasteiger partial charge in [0.05, 0.1) is 11.2 Å². The molecule has 0 unspecified atom stereocenters. The Morgan fingerprint density at radius 2 is 2.04 bits per heavy atom. The lowest BCUT2D eigenvalue weighted by molar-refractivity contribution is 0.0945. The Kier molecular flexibility index (Phi) is 4.56. The first-order chi connectivity index (χ1) is 11.8. The van der Waals surface area contributed by atoms with Crippen LogP contribution in [0.2, 0.25) is 10.0 Å². The van der Waals surface area contributed by atoms with E-state index in [4.69, 9.17) is 23.2 Å². The number of aromatic nitrogens is 4. The molecule has 128 valence electrons. The summed E-state index contributed by atoms with van der Waals surface area (Å²) in [4.78, 5) is 20.4. The van der Waals surface area contributed by atoms with Crippen molar-refractivity contribution in [3.63, 3.8) is 0 Å². The molecule has 0 aliphatic rings. The summed E-state index contributed by atoms with van der Waals surface area (Å²) >= 11 is 11.7. The van der Waals surface area contributed by atoms with Crippen molar-refractivity contribution in [2.75, 3.05) is 0 Å². The number of fused-ring (bicyclic) bond motifs is 1. The van der Waals surface area contributed by atoms with Gasteiger partial charge in [-0.3, -0.25) is 4.79 Å². The van der Waals surface area contributed by atoms with E-state index in [9.17, 15) is 9.90 Å². The van der Waals surface area contributed by atoms with Crippen molar-refractivity contribution in [2.45, 2.75) is 13.8 Å². The first-order valence-electron chi connectivity index (χ1n) is 7.07. The average molecular weight is 379 g/mol. The first-order valence-corrected chi connectivity index (χ1v) is 7.83. The van der Waals surface area contributed by atoms with Gasteiger partial charge in [0, 0.05) is 22.0 Å². The number of amides is 1. The second kappa shape index (κ2) is 6.66. The van der Waals surface area contributed by atoms with Crippen LogP contribution >= 0.6 is 23.2 Å². The normalized spacial score (nSPS) is 11.4. The molecule has 2 heterocycles. The van der Waals surface area contributed by atoms with Gasteiger partial charge in [-0.15, -0.1) is 5.10 Å². The Bertz CT molecular complexity index is 1010. The van der Waals surface area contributed by atoms with Crippen LogP contribution in [0.25, 0.3) is 5.78 Å². The minimum Gasteiger partial charge on any atom is -0.506 e. The van der Waals surface area contributed by atoms with Gasteiger partial charge in [0.25, 0.3) is 5.78 Å². The standard InChI is InChI=1S/C15H12Cl2N6O2/c1-7-3-8(2)23-15(19-7)20-13(22-23)14(25)21-18-6-9-4-10(16)5-11(17)12(9)24/h3-6,24H,1-2H3,(H,21,25)/b18-6-. The smallest absolute Gasteiger partial charge is 0.311 e. The molecule has 0 radical (unpaired) electrons. The van der Waals surface area contributed by atoms with Crippen LogP contribution in [-0.4, -0.2) is 36.8 Å². The zero-order valence-corrected chi connectivity index (χ0v) is 14.7. The maximum Gasteiger partial charge on any atom is 0.311 e. The van der Waals surface area contributed by atoms with Gasteiger partial charge >= 0.3 is 5.91 Å². The number of hydrazone groups is 1. The Morgan fingerprint density at radius 1 is 1.28 bits per heavy atom. The predicted molar refractivity (Wildman–Crippen MR) is 93.4 cm³/mol. The molecule has 0 aliphatic carbocycles. The summed E-state index contributed by atoms with van der Waals surface area (Å²) in [7, 11) is 0. The highest BCUT2D eigenvalue weighted by Gasteiger charge is 2.14. The third-order valence-electron chi connectivity index (χ3n) is 3.25. The second-order valence-electron chi connectivity index (χ2n) is 5.21. The quantitative estimate of drug-likeness (QED) is 0.538. The summed E-state index contributed by atoms with van der Waals surface area (Å²) in [5.74, 6) is -0.561. The number of carbonyl (C=O) groups excluding carboxylic acids is 1. The molecule has 0 bridgehead atoms. The second-order valence-corrected chi connectivity index (χ2v) is 6.05. The van der Waals surface area contributed by atoms with E-state index < -0.39 is 5.91 Å². The van der Waals surface area contributed by atoms with Crippen molar-refractivity contribution >= 4 is 41.1 Å². The van der Waals surface area contributed by atoms with E-state index in [1.807, 2.05) is 19.9 Å². The van der Waals surface area contributed by atoms with E-state index >= 15 is 0 Å². The van der Waals surface area contributed by atoms with Crippen LogP contribution in [0.5, 0.6) is 5.75 Å². The van der Waals surface area contributed by atoms with E-state index in [1.54, 1.807) is 0 Å². The molecule has 1 aromatic carbocycles. The summed E-state index contributed by atoms with van der Waals surface area (Å²) in [5, 5.41) is 18.1. The SMILES string of the molecule is Cc1cc(C)n2nc(C(=O)N/N=C\c3cc(Cl)cc(Cl)c3O)nc2n1. The molecule has 2 N–H and O–H groups in total. The fourth-order valence-electron chi connectivity index (χ4n) is 2.16. The molecule has 0 spiro atoms. The van der Waals surface area contributed by atoms with E-state index in [1.165, 1.54) is 22.9 Å². The van der Waals surface area contributed by atoms with Crippen LogP contribution in [0.15, 0.2) is 23.3 Å². The number of phenols is 1. The molecule has 25 heavy (non-hydrogen) atoms. The van der Waals surface area contributed by atoms with Gasteiger partial charge in [0.2, 0.25) is 5.82 Å². The van der Waals surface area contributed by atoms with Crippen molar-refractivity contribution in [2.24, 2.45) is 5.10 Å². The molecule has 0 saturated heterocycles. The number of nitrogens with one attached hydrogen (secondary N) is 1. The third kappa shape index (κ3) is 3.54. The van der Waals surface area contributed by atoms with Gasteiger partial charge in [-0.25, -0.2) is 14.9 Å². The van der Waals surface area contributed by atoms with Crippen LogP contribution in [-0.2, 0) is 0 Å². The van der Waals surface area contributed by atoms with Gasteiger partial charge < -0.3 is 5.11 Å². The highest BCUT2D eigenvalue weighted by Crippen LogP contribution is 2.29. The largest absolute Gasteiger partial charge is 0.506 e. The number of hydrogen-bond acceptors (Lipinski definition) is 6. The summed E-state index contributed by atoms with van der Waals surface area (Å²) in [6.45, 7) is 3.66. The van der Waals surface area contributed by atoms with Crippen LogP contribution in [0.1, 0.15) is 27.6 Å². The summed E-state index contributed by atoms with van der Waals surface area (Å²) in [6, 6.07) is 4.68. The molecule has 0 fully saturated rings. The van der Waals surface area contributed by atoms with Crippen molar-refractivity contribution in [1.29, 1.82) is 0 Å². The van der Waals surface area contributed by atoms with Crippen molar-refractivity contribution in [3.05, 3.63) is 51.0 Å². The number of carbonyl (C=O) groups is 1. The third-order valence-corrected chi connectivity index (χ3v) is 3.76. The number of hydrogen-bond donors (Lipinski definition) is 2. The lowest BCUT2D eigenvalue weighted by Crippen LogP contribution is -2.19. The zero-order chi connectivity index (χ0) is 18.1. The summed E-state index contributed by atoms with van der Waals surface area (Å²) in [6.07, 6.45) is 1.22. The van der Waals surface area contributed by atoms with E-state index in [0.29, 0.717) is 10.8 Å². The lowest BCUT2D eigenvalue weighted by Gasteiger charge is -2.02. The van der Waals surface area contributed by atoms with E-state index in [-0.39, 0.29) is 22.2 Å². The average Bonchev–Trinajstić information content (AvgIpc) is 2.96. The van der Waals surface area contributed by atoms with Gasteiger partial charge in [0.15, 0.2) is 0 Å². The maximum absolute atomic E-state index is 12.1.